The van der Waals surface area contributed by atoms with E-state index in [0.717, 1.165) is 38.3 Å². The number of benzene rings is 2. The Morgan fingerprint density at radius 2 is 1.64 bits per heavy atom. The number of carbonyl (C=O) groups is 1. The van der Waals surface area contributed by atoms with Crippen molar-refractivity contribution in [3.63, 3.8) is 0 Å². The molecule has 2 aromatic rings. The third-order valence-corrected chi connectivity index (χ3v) is 4.83. The van der Waals surface area contributed by atoms with Gasteiger partial charge in [0.1, 0.15) is 0 Å². The van der Waals surface area contributed by atoms with Crippen LogP contribution in [0.4, 0.5) is 4.79 Å². The Bertz CT molecular complexity index is 676. The predicted molar refractivity (Wildman–Crippen MR) is 101 cm³/mol. The van der Waals surface area contributed by atoms with Gasteiger partial charge in [-0.25, -0.2) is 4.79 Å². The molecule has 0 bridgehead atoms. The summed E-state index contributed by atoms with van der Waals surface area (Å²) >= 11 is 0. The monoisotopic (exact) mass is 337 g/mol. The van der Waals surface area contributed by atoms with E-state index in [1.54, 1.807) is 0 Å². The second-order valence-electron chi connectivity index (χ2n) is 6.83. The van der Waals surface area contributed by atoms with E-state index < -0.39 is 0 Å². The molecule has 1 unspecified atom stereocenters. The molecule has 132 valence electrons. The lowest BCUT2D eigenvalue weighted by molar-refractivity contribution is 0.133. The molecule has 2 amide bonds. The van der Waals surface area contributed by atoms with E-state index in [-0.39, 0.29) is 12.1 Å². The second-order valence-corrected chi connectivity index (χ2v) is 6.83. The van der Waals surface area contributed by atoms with Crippen LogP contribution in [0.15, 0.2) is 54.6 Å². The van der Waals surface area contributed by atoms with Gasteiger partial charge >= 0.3 is 6.03 Å². The molecule has 1 saturated heterocycles. The number of carbonyl (C=O) groups excluding carboxylic acids is 1. The maximum atomic E-state index is 12.5. The minimum Gasteiger partial charge on any atom is -0.331 e. The van der Waals surface area contributed by atoms with Crippen LogP contribution >= 0.6 is 0 Å². The largest absolute Gasteiger partial charge is 0.331 e. The number of nitrogens with one attached hydrogen (secondary N) is 1. The fraction of sp³-hybridized carbons (Fsp3) is 0.381. The van der Waals surface area contributed by atoms with E-state index in [2.05, 4.69) is 41.4 Å². The number of amides is 2. The smallest absolute Gasteiger partial charge is 0.317 e. The van der Waals surface area contributed by atoms with Gasteiger partial charge in [-0.05, 0) is 25.0 Å². The molecule has 1 heterocycles. The van der Waals surface area contributed by atoms with Crippen molar-refractivity contribution in [1.29, 1.82) is 0 Å². The molecule has 2 aromatic carbocycles. The van der Waals surface area contributed by atoms with Crippen molar-refractivity contribution in [1.82, 2.24) is 15.1 Å². The van der Waals surface area contributed by atoms with Gasteiger partial charge in [0, 0.05) is 32.7 Å². The molecule has 1 fully saturated rings. The number of hydrogen-bond donors (Lipinski definition) is 1. The van der Waals surface area contributed by atoms with Crippen LogP contribution in [0.25, 0.3) is 0 Å². The molecule has 1 aliphatic rings. The fourth-order valence-electron chi connectivity index (χ4n) is 3.16. The maximum Gasteiger partial charge on any atom is 0.317 e. The van der Waals surface area contributed by atoms with Crippen LogP contribution < -0.4 is 5.32 Å². The van der Waals surface area contributed by atoms with Gasteiger partial charge in [-0.2, -0.15) is 0 Å². The van der Waals surface area contributed by atoms with E-state index in [1.807, 2.05) is 42.2 Å². The normalized spacial score (nSPS) is 16.5. The van der Waals surface area contributed by atoms with Crippen molar-refractivity contribution in [2.45, 2.75) is 26.4 Å². The molecule has 0 aliphatic carbocycles. The van der Waals surface area contributed by atoms with E-state index in [1.165, 1.54) is 11.1 Å². The van der Waals surface area contributed by atoms with Crippen LogP contribution in [0, 0.1) is 6.92 Å². The quantitative estimate of drug-likeness (QED) is 0.925. The van der Waals surface area contributed by atoms with Crippen molar-refractivity contribution in [2.75, 3.05) is 26.2 Å². The molecule has 1 N–H and O–H groups in total. The van der Waals surface area contributed by atoms with Crippen molar-refractivity contribution < 1.29 is 4.79 Å². The summed E-state index contributed by atoms with van der Waals surface area (Å²) in [6, 6.07) is 18.8. The zero-order valence-electron chi connectivity index (χ0n) is 15.1. The first-order valence-corrected chi connectivity index (χ1v) is 9.00. The molecule has 0 saturated carbocycles. The highest BCUT2D eigenvalue weighted by molar-refractivity contribution is 5.74. The van der Waals surface area contributed by atoms with Crippen molar-refractivity contribution in [3.8, 4) is 0 Å². The Labute approximate surface area is 150 Å². The number of nitrogens with zero attached hydrogens (tertiary/aromatic N) is 2. The molecular weight excluding hydrogens is 310 g/mol. The van der Waals surface area contributed by atoms with Crippen LogP contribution in [-0.4, -0.2) is 42.0 Å². The summed E-state index contributed by atoms with van der Waals surface area (Å²) < 4.78 is 0. The van der Waals surface area contributed by atoms with Gasteiger partial charge in [0.15, 0.2) is 0 Å². The third-order valence-electron chi connectivity index (χ3n) is 4.83. The van der Waals surface area contributed by atoms with Crippen LogP contribution in [0.3, 0.4) is 0 Å². The van der Waals surface area contributed by atoms with E-state index in [4.69, 9.17) is 0 Å². The van der Waals surface area contributed by atoms with Crippen molar-refractivity contribution in [2.24, 2.45) is 0 Å². The predicted octanol–water partition coefficient (Wildman–Crippen LogP) is 3.58. The summed E-state index contributed by atoms with van der Waals surface area (Å²) in [5, 5.41) is 3.11. The molecule has 0 spiro atoms. The summed E-state index contributed by atoms with van der Waals surface area (Å²) in [5.41, 5.74) is 3.76. The van der Waals surface area contributed by atoms with Gasteiger partial charge in [-0.1, -0.05) is 60.2 Å². The summed E-state index contributed by atoms with van der Waals surface area (Å²) in [5.74, 6) is 0. The van der Waals surface area contributed by atoms with E-state index >= 15 is 0 Å². The molecule has 25 heavy (non-hydrogen) atoms. The Hall–Kier alpha value is -2.33. The van der Waals surface area contributed by atoms with E-state index in [0.29, 0.717) is 0 Å². The molecule has 1 atom stereocenters. The Kier molecular flexibility index (Phi) is 5.71. The first kappa shape index (κ1) is 17.5. The van der Waals surface area contributed by atoms with Crippen LogP contribution in [0.1, 0.15) is 29.7 Å². The van der Waals surface area contributed by atoms with Crippen LogP contribution in [0.2, 0.25) is 0 Å². The average molecular weight is 337 g/mol. The van der Waals surface area contributed by atoms with Crippen LogP contribution in [0.5, 0.6) is 0 Å². The lowest BCUT2D eigenvalue weighted by atomic mass is 10.1. The summed E-state index contributed by atoms with van der Waals surface area (Å²) in [7, 11) is 0. The average Bonchev–Trinajstić information content (AvgIpc) is 2.65. The highest BCUT2D eigenvalue weighted by Gasteiger charge is 2.22. The highest BCUT2D eigenvalue weighted by Crippen LogP contribution is 2.13. The third kappa shape index (κ3) is 4.83. The fourth-order valence-corrected chi connectivity index (χ4v) is 3.16. The van der Waals surface area contributed by atoms with Gasteiger partial charge in [0.05, 0.1) is 6.04 Å². The van der Waals surface area contributed by atoms with Crippen molar-refractivity contribution >= 4 is 6.03 Å². The molecule has 0 radical (unpaired) electrons. The highest BCUT2D eigenvalue weighted by atomic mass is 16.2. The number of hydrogen-bond acceptors (Lipinski definition) is 2. The lowest BCUT2D eigenvalue weighted by Crippen LogP contribution is -2.51. The van der Waals surface area contributed by atoms with Gasteiger partial charge in [-0.3, -0.25) is 4.90 Å². The Morgan fingerprint density at radius 3 is 2.28 bits per heavy atom. The molecule has 0 aromatic heterocycles. The number of piperazine rings is 1. The maximum absolute atomic E-state index is 12.5. The van der Waals surface area contributed by atoms with Gasteiger partial charge in [0.25, 0.3) is 0 Å². The summed E-state index contributed by atoms with van der Waals surface area (Å²) in [4.78, 5) is 16.8. The Balaban J connectivity index is 1.46. The number of rotatable bonds is 4. The first-order chi connectivity index (χ1) is 12.1. The topological polar surface area (TPSA) is 35.6 Å². The minimum atomic E-state index is 0.0271. The number of aryl methyl sites for hydroxylation is 1. The number of urea groups is 1. The molecule has 4 nitrogen and oxygen atoms in total. The van der Waals surface area contributed by atoms with E-state index in [9.17, 15) is 4.79 Å². The first-order valence-electron chi connectivity index (χ1n) is 9.00. The van der Waals surface area contributed by atoms with Crippen molar-refractivity contribution in [3.05, 3.63) is 71.3 Å². The Morgan fingerprint density at radius 1 is 1.00 bits per heavy atom. The minimum absolute atomic E-state index is 0.0271. The standard InChI is InChI=1S/C21H27N3O/c1-17-8-10-19(11-9-17)16-23-12-14-24(15-13-23)21(25)22-18(2)20-6-4-3-5-7-20/h3-11,18H,12-16H2,1-2H3,(H,22,25). The SMILES string of the molecule is Cc1ccc(CN2CCN(C(=O)NC(C)c3ccccc3)CC2)cc1. The summed E-state index contributed by atoms with van der Waals surface area (Å²) in [6.07, 6.45) is 0. The zero-order chi connectivity index (χ0) is 17.6. The van der Waals surface area contributed by atoms with Gasteiger partial charge in [0.2, 0.25) is 0 Å². The molecule has 1 aliphatic heterocycles. The molecular formula is C21H27N3O. The van der Waals surface area contributed by atoms with Gasteiger partial charge < -0.3 is 10.2 Å². The van der Waals surface area contributed by atoms with Gasteiger partial charge in [-0.15, -0.1) is 0 Å². The second kappa shape index (κ2) is 8.17. The zero-order valence-corrected chi connectivity index (χ0v) is 15.1. The van der Waals surface area contributed by atoms with Crippen LogP contribution in [-0.2, 0) is 6.54 Å². The summed E-state index contributed by atoms with van der Waals surface area (Å²) in [6.45, 7) is 8.48. The lowest BCUT2D eigenvalue weighted by Gasteiger charge is -2.35. The molecule has 4 heteroatoms. The molecule has 3 rings (SSSR count).